The smallest absolute Gasteiger partial charge is 0.148 e. The third kappa shape index (κ3) is 2.41. The second-order valence-corrected chi connectivity index (χ2v) is 4.23. The van der Waals surface area contributed by atoms with Gasteiger partial charge in [-0.05, 0) is 23.6 Å². The molecule has 0 saturated carbocycles. The van der Waals surface area contributed by atoms with Gasteiger partial charge in [0.2, 0.25) is 0 Å². The minimum atomic E-state index is -0.441. The Morgan fingerprint density at radius 1 is 1.11 bits per heavy atom. The van der Waals surface area contributed by atoms with E-state index in [1.807, 2.05) is 30.3 Å². The van der Waals surface area contributed by atoms with Crippen molar-refractivity contribution in [2.24, 2.45) is 0 Å². The van der Waals surface area contributed by atoms with Crippen LogP contribution in [0.4, 0.5) is 4.39 Å². The van der Waals surface area contributed by atoms with E-state index >= 15 is 0 Å². The molecule has 2 aromatic carbocycles. The first-order chi connectivity index (χ1) is 8.76. The van der Waals surface area contributed by atoms with Crippen molar-refractivity contribution in [3.8, 4) is 17.2 Å². The fraction of sp³-hybridized carbons (Fsp3) is 0.188. The number of halogens is 1. The maximum Gasteiger partial charge on any atom is 0.148 e. The first kappa shape index (κ1) is 12.3. The van der Waals surface area contributed by atoms with E-state index in [1.54, 1.807) is 12.1 Å². The Labute approximate surface area is 107 Å². The molecular formula is C16H14FN. The van der Waals surface area contributed by atoms with Gasteiger partial charge in [0.15, 0.2) is 0 Å². The number of hydrogen-bond donors (Lipinski definition) is 0. The molecular weight excluding hydrogens is 225 g/mol. The van der Waals surface area contributed by atoms with E-state index < -0.39 is 5.82 Å². The molecule has 0 aliphatic rings. The summed E-state index contributed by atoms with van der Waals surface area (Å²) in [5.74, 6) is -0.441. The Morgan fingerprint density at radius 2 is 1.83 bits per heavy atom. The molecule has 0 spiro atoms. The number of nitriles is 1. The van der Waals surface area contributed by atoms with Crippen LogP contribution in [0.3, 0.4) is 0 Å². The molecule has 0 radical (unpaired) electrons. The summed E-state index contributed by atoms with van der Waals surface area (Å²) in [6.45, 7) is 2.13. The zero-order valence-electron chi connectivity index (χ0n) is 10.3. The molecule has 18 heavy (non-hydrogen) atoms. The molecule has 0 aliphatic heterocycles. The third-order valence-corrected chi connectivity index (χ3v) is 2.92. The monoisotopic (exact) mass is 239 g/mol. The van der Waals surface area contributed by atoms with Gasteiger partial charge in [-0.3, -0.25) is 0 Å². The van der Waals surface area contributed by atoms with Crippen molar-refractivity contribution in [3.63, 3.8) is 0 Å². The van der Waals surface area contributed by atoms with Crippen LogP contribution in [-0.2, 0) is 6.42 Å². The first-order valence-corrected chi connectivity index (χ1v) is 6.04. The highest BCUT2D eigenvalue weighted by Gasteiger charge is 2.09. The van der Waals surface area contributed by atoms with Crippen LogP contribution in [0, 0.1) is 17.1 Å². The fourth-order valence-corrected chi connectivity index (χ4v) is 1.98. The van der Waals surface area contributed by atoms with E-state index in [4.69, 9.17) is 5.26 Å². The molecule has 0 aromatic heterocycles. The molecule has 0 fully saturated rings. The first-order valence-electron chi connectivity index (χ1n) is 6.04. The summed E-state index contributed by atoms with van der Waals surface area (Å²) in [4.78, 5) is 0. The van der Waals surface area contributed by atoms with Gasteiger partial charge in [-0.2, -0.15) is 5.26 Å². The zero-order valence-corrected chi connectivity index (χ0v) is 10.3. The van der Waals surface area contributed by atoms with E-state index in [1.165, 1.54) is 11.6 Å². The highest BCUT2D eigenvalue weighted by atomic mass is 19.1. The van der Waals surface area contributed by atoms with Crippen molar-refractivity contribution in [3.05, 3.63) is 59.4 Å². The average molecular weight is 239 g/mol. The number of nitrogens with zero attached hydrogens (tertiary/aromatic N) is 1. The standard InChI is InChI=1S/C16H14FN/c1-2-4-12-7-9-13(10-8-12)15-6-3-5-14(11-18)16(15)17/h3,5-10H,2,4H2,1H3. The second-order valence-electron chi connectivity index (χ2n) is 4.23. The normalized spacial score (nSPS) is 10.1. The minimum absolute atomic E-state index is 0.0881. The van der Waals surface area contributed by atoms with Crippen LogP contribution in [0.25, 0.3) is 11.1 Å². The lowest BCUT2D eigenvalue weighted by atomic mass is 10.00. The summed E-state index contributed by atoms with van der Waals surface area (Å²) in [6.07, 6.45) is 2.12. The minimum Gasteiger partial charge on any atom is -0.205 e. The average Bonchev–Trinajstić information content (AvgIpc) is 2.41. The molecule has 0 atom stereocenters. The fourth-order valence-electron chi connectivity index (χ4n) is 1.98. The van der Waals surface area contributed by atoms with Crippen LogP contribution in [0.15, 0.2) is 42.5 Å². The molecule has 0 saturated heterocycles. The number of rotatable bonds is 3. The lowest BCUT2D eigenvalue weighted by Gasteiger charge is -2.06. The molecule has 2 rings (SSSR count). The second kappa shape index (κ2) is 5.46. The van der Waals surface area contributed by atoms with Gasteiger partial charge < -0.3 is 0 Å². The molecule has 0 heterocycles. The third-order valence-electron chi connectivity index (χ3n) is 2.92. The maximum absolute atomic E-state index is 14.0. The molecule has 0 amide bonds. The van der Waals surface area contributed by atoms with E-state index in [9.17, 15) is 4.39 Å². The van der Waals surface area contributed by atoms with Crippen LogP contribution in [0.1, 0.15) is 24.5 Å². The van der Waals surface area contributed by atoms with E-state index in [-0.39, 0.29) is 5.56 Å². The Balaban J connectivity index is 2.40. The highest BCUT2D eigenvalue weighted by Crippen LogP contribution is 2.25. The SMILES string of the molecule is CCCc1ccc(-c2cccc(C#N)c2F)cc1. The van der Waals surface area contributed by atoms with Crippen LogP contribution >= 0.6 is 0 Å². The molecule has 90 valence electrons. The van der Waals surface area contributed by atoms with Crippen molar-refractivity contribution < 1.29 is 4.39 Å². The summed E-state index contributed by atoms with van der Waals surface area (Å²) in [6, 6.07) is 14.6. The number of aryl methyl sites for hydroxylation is 1. The van der Waals surface area contributed by atoms with Crippen LogP contribution in [-0.4, -0.2) is 0 Å². The van der Waals surface area contributed by atoms with Gasteiger partial charge in [-0.15, -0.1) is 0 Å². The van der Waals surface area contributed by atoms with Gasteiger partial charge in [0.05, 0.1) is 5.56 Å². The highest BCUT2D eigenvalue weighted by molar-refractivity contribution is 5.66. The molecule has 0 unspecified atom stereocenters. The zero-order chi connectivity index (χ0) is 13.0. The van der Waals surface area contributed by atoms with Crippen LogP contribution in [0.2, 0.25) is 0 Å². The van der Waals surface area contributed by atoms with Crippen molar-refractivity contribution in [2.75, 3.05) is 0 Å². The molecule has 1 nitrogen and oxygen atoms in total. The van der Waals surface area contributed by atoms with Crippen molar-refractivity contribution in [2.45, 2.75) is 19.8 Å². The topological polar surface area (TPSA) is 23.8 Å². The predicted molar refractivity (Wildman–Crippen MR) is 70.5 cm³/mol. The maximum atomic E-state index is 14.0. The van der Waals surface area contributed by atoms with Crippen molar-refractivity contribution >= 4 is 0 Å². The van der Waals surface area contributed by atoms with Gasteiger partial charge in [0.1, 0.15) is 11.9 Å². The molecule has 2 aromatic rings. The predicted octanol–water partition coefficient (Wildman–Crippen LogP) is 4.32. The van der Waals surface area contributed by atoms with Gasteiger partial charge in [-0.1, -0.05) is 49.7 Å². The number of hydrogen-bond acceptors (Lipinski definition) is 1. The van der Waals surface area contributed by atoms with Gasteiger partial charge in [0.25, 0.3) is 0 Å². The molecule has 0 bridgehead atoms. The largest absolute Gasteiger partial charge is 0.205 e. The summed E-state index contributed by atoms with van der Waals surface area (Å²) >= 11 is 0. The quantitative estimate of drug-likeness (QED) is 0.782. The lowest BCUT2D eigenvalue weighted by molar-refractivity contribution is 0.627. The summed E-state index contributed by atoms with van der Waals surface area (Å²) in [7, 11) is 0. The molecule has 0 aliphatic carbocycles. The Morgan fingerprint density at radius 3 is 2.44 bits per heavy atom. The molecule has 0 N–H and O–H groups in total. The van der Waals surface area contributed by atoms with Crippen molar-refractivity contribution in [1.29, 1.82) is 5.26 Å². The summed E-state index contributed by atoms with van der Waals surface area (Å²) < 4.78 is 14.0. The lowest BCUT2D eigenvalue weighted by Crippen LogP contribution is -1.90. The van der Waals surface area contributed by atoms with Crippen LogP contribution in [0.5, 0.6) is 0 Å². The Hall–Kier alpha value is -2.14. The summed E-state index contributed by atoms with van der Waals surface area (Å²) in [5, 5.41) is 8.81. The van der Waals surface area contributed by atoms with Crippen molar-refractivity contribution in [1.82, 2.24) is 0 Å². The van der Waals surface area contributed by atoms with E-state index in [2.05, 4.69) is 6.92 Å². The van der Waals surface area contributed by atoms with Gasteiger partial charge in [-0.25, -0.2) is 4.39 Å². The Kier molecular flexibility index (Phi) is 3.74. The van der Waals surface area contributed by atoms with Crippen LogP contribution < -0.4 is 0 Å². The molecule has 2 heteroatoms. The van der Waals surface area contributed by atoms with Gasteiger partial charge in [0, 0.05) is 5.56 Å². The van der Waals surface area contributed by atoms with E-state index in [0.29, 0.717) is 5.56 Å². The number of benzene rings is 2. The Bertz CT molecular complexity index is 579. The van der Waals surface area contributed by atoms with E-state index in [0.717, 1.165) is 18.4 Å². The van der Waals surface area contributed by atoms with Gasteiger partial charge >= 0.3 is 0 Å². The summed E-state index contributed by atoms with van der Waals surface area (Å²) in [5.41, 5.74) is 2.63.